The van der Waals surface area contributed by atoms with Crippen molar-refractivity contribution in [3.8, 4) is 6.07 Å². The van der Waals surface area contributed by atoms with Gasteiger partial charge in [-0.05, 0) is 30.5 Å². The van der Waals surface area contributed by atoms with Crippen LogP contribution in [-0.2, 0) is 6.42 Å². The lowest BCUT2D eigenvalue weighted by Gasteiger charge is -2.05. The summed E-state index contributed by atoms with van der Waals surface area (Å²) in [7, 11) is 0. The summed E-state index contributed by atoms with van der Waals surface area (Å²) in [6.07, 6.45) is 3.84. The first-order valence-corrected chi connectivity index (χ1v) is 6.02. The third-order valence-electron chi connectivity index (χ3n) is 2.69. The summed E-state index contributed by atoms with van der Waals surface area (Å²) < 4.78 is 0. The maximum absolute atomic E-state index is 8.64. The fourth-order valence-electron chi connectivity index (χ4n) is 1.73. The van der Waals surface area contributed by atoms with Crippen molar-refractivity contribution in [2.24, 2.45) is 0 Å². The van der Waals surface area contributed by atoms with Gasteiger partial charge in [-0.1, -0.05) is 30.3 Å². The van der Waals surface area contributed by atoms with Crippen LogP contribution in [0.3, 0.4) is 0 Å². The molecule has 0 bridgehead atoms. The summed E-state index contributed by atoms with van der Waals surface area (Å²) in [5.74, 6) is 0. The van der Waals surface area contributed by atoms with E-state index in [2.05, 4.69) is 34.6 Å². The van der Waals surface area contributed by atoms with E-state index in [-0.39, 0.29) is 0 Å². The van der Waals surface area contributed by atoms with Crippen molar-refractivity contribution in [3.05, 3.63) is 59.9 Å². The predicted molar refractivity (Wildman–Crippen MR) is 72.2 cm³/mol. The number of rotatable bonds is 5. The van der Waals surface area contributed by atoms with Gasteiger partial charge in [0.25, 0.3) is 0 Å². The molecule has 1 heterocycles. The molecule has 3 heteroatoms. The van der Waals surface area contributed by atoms with Gasteiger partial charge in [0.05, 0.1) is 11.9 Å². The molecule has 0 saturated heterocycles. The number of hydrogen-bond donors (Lipinski definition) is 1. The monoisotopic (exact) mass is 237 g/mol. The molecular weight excluding hydrogens is 222 g/mol. The molecule has 0 radical (unpaired) electrons. The summed E-state index contributed by atoms with van der Waals surface area (Å²) in [4.78, 5) is 4.01. The molecule has 90 valence electrons. The first kappa shape index (κ1) is 12.1. The second-order valence-corrected chi connectivity index (χ2v) is 4.06. The van der Waals surface area contributed by atoms with Crippen molar-refractivity contribution in [2.45, 2.75) is 12.8 Å². The number of nitrogens with zero attached hydrogens (tertiary/aromatic N) is 2. The number of aryl methyl sites for hydroxylation is 1. The van der Waals surface area contributed by atoms with Crippen LogP contribution in [0.5, 0.6) is 0 Å². The molecule has 0 amide bonds. The van der Waals surface area contributed by atoms with Crippen LogP contribution in [0.25, 0.3) is 0 Å². The highest BCUT2D eigenvalue weighted by Gasteiger charge is 1.95. The Hall–Kier alpha value is -2.34. The topological polar surface area (TPSA) is 48.7 Å². The van der Waals surface area contributed by atoms with E-state index in [9.17, 15) is 0 Å². The van der Waals surface area contributed by atoms with E-state index in [0.717, 1.165) is 25.1 Å². The molecular formula is C15H15N3. The lowest BCUT2D eigenvalue weighted by atomic mass is 10.1. The van der Waals surface area contributed by atoms with Gasteiger partial charge in [-0.3, -0.25) is 0 Å². The average molecular weight is 237 g/mol. The van der Waals surface area contributed by atoms with Gasteiger partial charge in [0.1, 0.15) is 11.8 Å². The Kier molecular flexibility index (Phi) is 4.32. The average Bonchev–Trinajstić information content (AvgIpc) is 2.45. The Morgan fingerprint density at radius 2 is 1.94 bits per heavy atom. The normalized spacial score (nSPS) is 9.72. The summed E-state index contributed by atoms with van der Waals surface area (Å²) >= 11 is 0. The van der Waals surface area contributed by atoms with Crippen LogP contribution >= 0.6 is 0 Å². The van der Waals surface area contributed by atoms with Gasteiger partial charge in [-0.25, -0.2) is 4.98 Å². The highest BCUT2D eigenvalue weighted by atomic mass is 14.9. The predicted octanol–water partition coefficient (Wildman–Crippen LogP) is 3.00. The van der Waals surface area contributed by atoms with Crippen LogP contribution in [0.1, 0.15) is 17.7 Å². The fraction of sp³-hybridized carbons (Fsp3) is 0.200. The summed E-state index contributed by atoms with van der Waals surface area (Å²) in [6, 6.07) is 16.1. The molecule has 18 heavy (non-hydrogen) atoms. The Balaban J connectivity index is 1.74. The number of nitriles is 1. The summed E-state index contributed by atoms with van der Waals surface area (Å²) in [5.41, 5.74) is 2.77. The zero-order valence-electron chi connectivity index (χ0n) is 10.1. The van der Waals surface area contributed by atoms with Gasteiger partial charge in [-0.15, -0.1) is 0 Å². The van der Waals surface area contributed by atoms with Crippen LogP contribution in [0.4, 0.5) is 5.69 Å². The highest BCUT2D eigenvalue weighted by molar-refractivity contribution is 5.42. The molecule has 2 aromatic rings. The fourth-order valence-corrected chi connectivity index (χ4v) is 1.73. The molecule has 0 atom stereocenters. The Morgan fingerprint density at radius 3 is 2.61 bits per heavy atom. The molecule has 1 aromatic heterocycles. The molecule has 0 fully saturated rings. The number of hydrogen-bond acceptors (Lipinski definition) is 3. The lowest BCUT2D eigenvalue weighted by molar-refractivity contribution is 0.862. The number of aromatic nitrogens is 1. The Bertz CT molecular complexity index is 512. The van der Waals surface area contributed by atoms with Gasteiger partial charge < -0.3 is 5.32 Å². The largest absolute Gasteiger partial charge is 0.384 e. The maximum Gasteiger partial charge on any atom is 0.140 e. The van der Waals surface area contributed by atoms with Crippen molar-refractivity contribution >= 4 is 5.69 Å². The quantitative estimate of drug-likeness (QED) is 0.813. The molecule has 0 saturated carbocycles. The molecule has 3 nitrogen and oxygen atoms in total. The minimum Gasteiger partial charge on any atom is -0.384 e. The maximum atomic E-state index is 8.64. The first-order chi connectivity index (χ1) is 8.88. The number of pyridine rings is 1. The first-order valence-electron chi connectivity index (χ1n) is 6.02. The third kappa shape index (κ3) is 3.60. The van der Waals surface area contributed by atoms with Crippen molar-refractivity contribution in [2.75, 3.05) is 11.9 Å². The summed E-state index contributed by atoms with van der Waals surface area (Å²) in [5, 5.41) is 11.9. The number of benzene rings is 1. The van der Waals surface area contributed by atoms with Gasteiger partial charge in [0.2, 0.25) is 0 Å². The summed E-state index contributed by atoms with van der Waals surface area (Å²) in [6.45, 7) is 0.905. The van der Waals surface area contributed by atoms with Crippen LogP contribution in [-0.4, -0.2) is 11.5 Å². The second kappa shape index (κ2) is 6.41. The van der Waals surface area contributed by atoms with E-state index in [1.165, 1.54) is 5.56 Å². The molecule has 0 unspecified atom stereocenters. The molecule has 0 spiro atoms. The zero-order chi connectivity index (χ0) is 12.6. The third-order valence-corrected chi connectivity index (χ3v) is 2.69. The van der Waals surface area contributed by atoms with Gasteiger partial charge in [-0.2, -0.15) is 5.26 Å². The minimum atomic E-state index is 0.449. The van der Waals surface area contributed by atoms with Crippen LogP contribution < -0.4 is 5.32 Å². The molecule has 0 aliphatic rings. The number of anilines is 1. The van der Waals surface area contributed by atoms with E-state index in [4.69, 9.17) is 5.26 Å². The van der Waals surface area contributed by atoms with Crippen molar-refractivity contribution in [1.82, 2.24) is 4.98 Å². The van der Waals surface area contributed by atoms with E-state index >= 15 is 0 Å². The standard InChI is InChI=1S/C15H15N3/c16-11-14-8-9-15(12-18-14)17-10-4-7-13-5-2-1-3-6-13/h1-3,5-6,8-9,12,17H,4,7,10H2. The van der Waals surface area contributed by atoms with Crippen LogP contribution in [0.2, 0.25) is 0 Å². The van der Waals surface area contributed by atoms with Crippen molar-refractivity contribution < 1.29 is 0 Å². The molecule has 0 aliphatic carbocycles. The zero-order valence-corrected chi connectivity index (χ0v) is 10.1. The van der Waals surface area contributed by atoms with Gasteiger partial charge >= 0.3 is 0 Å². The van der Waals surface area contributed by atoms with E-state index in [1.54, 1.807) is 12.3 Å². The molecule has 2 rings (SSSR count). The SMILES string of the molecule is N#Cc1ccc(NCCCc2ccccc2)cn1. The van der Waals surface area contributed by atoms with Crippen molar-refractivity contribution in [1.29, 1.82) is 5.26 Å². The Labute approximate surface area is 107 Å². The lowest BCUT2D eigenvalue weighted by Crippen LogP contribution is -2.03. The molecule has 1 N–H and O–H groups in total. The Morgan fingerprint density at radius 1 is 1.11 bits per heavy atom. The van der Waals surface area contributed by atoms with E-state index in [0.29, 0.717) is 5.69 Å². The van der Waals surface area contributed by atoms with Gasteiger partial charge in [0.15, 0.2) is 0 Å². The smallest absolute Gasteiger partial charge is 0.140 e. The highest BCUT2D eigenvalue weighted by Crippen LogP contribution is 2.07. The molecule has 1 aromatic carbocycles. The van der Waals surface area contributed by atoms with Crippen molar-refractivity contribution in [3.63, 3.8) is 0 Å². The second-order valence-electron chi connectivity index (χ2n) is 4.06. The molecule has 0 aliphatic heterocycles. The van der Waals surface area contributed by atoms with E-state index in [1.807, 2.05) is 18.2 Å². The van der Waals surface area contributed by atoms with Gasteiger partial charge in [0, 0.05) is 6.54 Å². The van der Waals surface area contributed by atoms with Crippen LogP contribution in [0.15, 0.2) is 48.7 Å². The van der Waals surface area contributed by atoms with E-state index < -0.39 is 0 Å². The minimum absolute atomic E-state index is 0.449. The number of nitrogens with one attached hydrogen (secondary N) is 1. The van der Waals surface area contributed by atoms with Crippen LogP contribution in [0, 0.1) is 11.3 Å².